The maximum Gasteiger partial charge on any atom is 0.321 e. The summed E-state index contributed by atoms with van der Waals surface area (Å²) in [6.07, 6.45) is 0. The summed E-state index contributed by atoms with van der Waals surface area (Å²) in [5, 5.41) is 5.61. The Bertz CT molecular complexity index is 806. The molecule has 0 saturated carbocycles. The van der Waals surface area contributed by atoms with Crippen molar-refractivity contribution >= 4 is 34.6 Å². The van der Waals surface area contributed by atoms with Crippen molar-refractivity contribution in [1.82, 2.24) is 20.2 Å². The van der Waals surface area contributed by atoms with Gasteiger partial charge in [0, 0.05) is 20.7 Å². The minimum atomic E-state index is -0.585. The number of urea groups is 1. The Hall–Kier alpha value is -2.39. The molecule has 1 aromatic heterocycles. The number of hydrogen-bond donors (Lipinski definition) is 2. The molecule has 0 bridgehead atoms. The van der Waals surface area contributed by atoms with Crippen molar-refractivity contribution in [2.24, 2.45) is 7.05 Å². The molecule has 0 saturated heterocycles. The number of carbonyl (C=O) groups excluding carboxylic acids is 2. The topological polar surface area (TPSA) is 102 Å². The number of amides is 3. The standard InChI is InChI=1S/C15H18N4O4S/c1-19-13(21)10-5-3-4-6-11(10)17-15(19)24-9-12(20)18-14(22)16-7-8-23-2/h3-6H,7-9H2,1-2H3,(H2,16,18,20,22). The summed E-state index contributed by atoms with van der Waals surface area (Å²) in [5.41, 5.74) is 0.390. The van der Waals surface area contributed by atoms with E-state index >= 15 is 0 Å². The van der Waals surface area contributed by atoms with E-state index < -0.39 is 11.9 Å². The van der Waals surface area contributed by atoms with E-state index in [0.29, 0.717) is 29.2 Å². The number of methoxy groups -OCH3 is 1. The molecule has 1 aromatic carbocycles. The van der Waals surface area contributed by atoms with Crippen molar-refractivity contribution < 1.29 is 14.3 Å². The molecule has 0 spiro atoms. The van der Waals surface area contributed by atoms with E-state index in [1.165, 1.54) is 11.7 Å². The number of imide groups is 1. The third kappa shape index (κ3) is 4.56. The molecule has 0 aliphatic heterocycles. The monoisotopic (exact) mass is 350 g/mol. The minimum Gasteiger partial charge on any atom is -0.383 e. The van der Waals surface area contributed by atoms with Crippen molar-refractivity contribution in [1.29, 1.82) is 0 Å². The van der Waals surface area contributed by atoms with Crippen LogP contribution in [0.2, 0.25) is 0 Å². The van der Waals surface area contributed by atoms with Crippen LogP contribution in [0.1, 0.15) is 0 Å². The zero-order valence-corrected chi connectivity index (χ0v) is 14.2. The Morgan fingerprint density at radius 2 is 2.08 bits per heavy atom. The van der Waals surface area contributed by atoms with Crippen molar-refractivity contribution in [2.45, 2.75) is 5.16 Å². The number of thioether (sulfide) groups is 1. The molecule has 24 heavy (non-hydrogen) atoms. The second kappa shape index (κ2) is 8.46. The maximum atomic E-state index is 12.3. The van der Waals surface area contributed by atoms with Crippen LogP contribution in [0.25, 0.3) is 10.9 Å². The van der Waals surface area contributed by atoms with Gasteiger partial charge in [-0.1, -0.05) is 23.9 Å². The summed E-state index contributed by atoms with van der Waals surface area (Å²) in [7, 11) is 3.11. The van der Waals surface area contributed by atoms with Crippen molar-refractivity contribution in [2.75, 3.05) is 26.0 Å². The SMILES string of the molecule is COCCNC(=O)NC(=O)CSc1nc2ccccc2c(=O)n1C. The van der Waals surface area contributed by atoms with Gasteiger partial charge in [0.15, 0.2) is 5.16 Å². The number of hydrogen-bond acceptors (Lipinski definition) is 6. The van der Waals surface area contributed by atoms with Gasteiger partial charge in [0.25, 0.3) is 5.56 Å². The summed E-state index contributed by atoms with van der Waals surface area (Å²) < 4.78 is 6.18. The molecule has 9 heteroatoms. The first kappa shape index (κ1) is 18.0. The van der Waals surface area contributed by atoms with Gasteiger partial charge in [-0.05, 0) is 12.1 Å². The van der Waals surface area contributed by atoms with E-state index in [1.807, 2.05) is 0 Å². The Morgan fingerprint density at radius 1 is 1.33 bits per heavy atom. The highest BCUT2D eigenvalue weighted by Gasteiger charge is 2.12. The highest BCUT2D eigenvalue weighted by atomic mass is 32.2. The lowest BCUT2D eigenvalue weighted by Gasteiger charge is -2.09. The van der Waals surface area contributed by atoms with Gasteiger partial charge in [0.1, 0.15) is 0 Å². The number of carbonyl (C=O) groups is 2. The van der Waals surface area contributed by atoms with E-state index in [4.69, 9.17) is 4.74 Å². The fourth-order valence-electron chi connectivity index (χ4n) is 1.93. The van der Waals surface area contributed by atoms with E-state index in [1.54, 1.807) is 31.3 Å². The molecule has 0 fully saturated rings. The van der Waals surface area contributed by atoms with Gasteiger partial charge in [0.05, 0.1) is 23.3 Å². The number of fused-ring (bicyclic) bond motifs is 1. The predicted molar refractivity (Wildman–Crippen MR) is 91.1 cm³/mol. The lowest BCUT2D eigenvalue weighted by molar-refractivity contribution is -0.117. The van der Waals surface area contributed by atoms with Gasteiger partial charge < -0.3 is 10.1 Å². The molecule has 2 rings (SSSR count). The normalized spacial score (nSPS) is 10.6. The molecule has 1 heterocycles. The molecule has 0 aliphatic carbocycles. The number of nitrogens with zero attached hydrogens (tertiary/aromatic N) is 2. The zero-order chi connectivity index (χ0) is 17.5. The molecule has 8 nitrogen and oxygen atoms in total. The second-order valence-corrected chi connectivity index (χ2v) is 5.80. The summed E-state index contributed by atoms with van der Waals surface area (Å²) in [6.45, 7) is 0.670. The zero-order valence-electron chi connectivity index (χ0n) is 13.4. The third-order valence-electron chi connectivity index (χ3n) is 3.12. The van der Waals surface area contributed by atoms with Crippen LogP contribution in [0.4, 0.5) is 4.79 Å². The predicted octanol–water partition coefficient (Wildman–Crippen LogP) is 0.498. The molecule has 2 N–H and O–H groups in total. The summed E-state index contributed by atoms with van der Waals surface area (Å²) in [5.74, 6) is -0.506. The van der Waals surface area contributed by atoms with Crippen LogP contribution in [0, 0.1) is 0 Å². The van der Waals surface area contributed by atoms with Crippen molar-refractivity contribution in [3.05, 3.63) is 34.6 Å². The molecule has 0 unspecified atom stereocenters. The van der Waals surface area contributed by atoms with Crippen LogP contribution < -0.4 is 16.2 Å². The average molecular weight is 350 g/mol. The summed E-state index contributed by atoms with van der Waals surface area (Å²) in [4.78, 5) is 39.9. The number of benzene rings is 1. The van der Waals surface area contributed by atoms with Gasteiger partial charge in [0.2, 0.25) is 5.91 Å². The van der Waals surface area contributed by atoms with Crippen LogP contribution in [-0.2, 0) is 16.6 Å². The smallest absolute Gasteiger partial charge is 0.321 e. The van der Waals surface area contributed by atoms with Crippen LogP contribution in [-0.4, -0.2) is 47.5 Å². The van der Waals surface area contributed by atoms with Crippen LogP contribution >= 0.6 is 11.8 Å². The van der Waals surface area contributed by atoms with Crippen molar-refractivity contribution in [3.63, 3.8) is 0 Å². The number of ether oxygens (including phenoxy) is 1. The number of aromatic nitrogens is 2. The lowest BCUT2D eigenvalue weighted by Crippen LogP contribution is -2.41. The first-order valence-corrected chi connectivity index (χ1v) is 8.16. The highest BCUT2D eigenvalue weighted by molar-refractivity contribution is 7.99. The fourth-order valence-corrected chi connectivity index (χ4v) is 2.70. The third-order valence-corrected chi connectivity index (χ3v) is 4.15. The van der Waals surface area contributed by atoms with Gasteiger partial charge in [-0.3, -0.25) is 19.5 Å². The van der Waals surface area contributed by atoms with Gasteiger partial charge in [-0.15, -0.1) is 0 Å². The van der Waals surface area contributed by atoms with E-state index in [0.717, 1.165) is 11.8 Å². The van der Waals surface area contributed by atoms with Gasteiger partial charge in [-0.25, -0.2) is 9.78 Å². The number of rotatable bonds is 6. The Morgan fingerprint density at radius 3 is 2.83 bits per heavy atom. The van der Waals surface area contributed by atoms with Gasteiger partial charge in [-0.2, -0.15) is 0 Å². The molecular weight excluding hydrogens is 332 g/mol. The molecule has 0 aliphatic rings. The first-order valence-electron chi connectivity index (χ1n) is 7.18. The van der Waals surface area contributed by atoms with E-state index in [9.17, 15) is 14.4 Å². The molecular formula is C15H18N4O4S. The molecule has 0 atom stereocenters. The number of nitrogens with one attached hydrogen (secondary N) is 2. The molecule has 128 valence electrons. The van der Waals surface area contributed by atoms with Crippen molar-refractivity contribution in [3.8, 4) is 0 Å². The van der Waals surface area contributed by atoms with E-state index in [2.05, 4.69) is 15.6 Å². The summed E-state index contributed by atoms with van der Waals surface area (Å²) >= 11 is 1.09. The second-order valence-electron chi connectivity index (χ2n) is 4.86. The average Bonchev–Trinajstić information content (AvgIpc) is 2.57. The Labute approximate surface area is 142 Å². The van der Waals surface area contributed by atoms with Crippen LogP contribution in [0.5, 0.6) is 0 Å². The number of para-hydroxylation sites is 1. The van der Waals surface area contributed by atoms with Crippen LogP contribution in [0.15, 0.2) is 34.2 Å². The Balaban J connectivity index is 1.98. The quantitative estimate of drug-likeness (QED) is 0.447. The lowest BCUT2D eigenvalue weighted by atomic mass is 10.2. The molecule has 0 radical (unpaired) electrons. The largest absolute Gasteiger partial charge is 0.383 e. The van der Waals surface area contributed by atoms with E-state index in [-0.39, 0.29) is 11.3 Å². The highest BCUT2D eigenvalue weighted by Crippen LogP contribution is 2.16. The summed E-state index contributed by atoms with van der Waals surface area (Å²) in [6, 6.07) is 6.42. The first-order chi connectivity index (χ1) is 11.5. The van der Waals surface area contributed by atoms with Gasteiger partial charge >= 0.3 is 6.03 Å². The maximum absolute atomic E-state index is 12.3. The Kier molecular flexibility index (Phi) is 6.33. The van der Waals surface area contributed by atoms with Crippen LogP contribution in [0.3, 0.4) is 0 Å². The molecule has 3 amide bonds. The molecule has 2 aromatic rings. The fraction of sp³-hybridized carbons (Fsp3) is 0.333. The minimum absolute atomic E-state index is 0.0314.